The maximum atomic E-state index is 6.22. The summed E-state index contributed by atoms with van der Waals surface area (Å²) in [7, 11) is 0. The molecule has 0 aliphatic heterocycles. The Morgan fingerprint density at radius 2 is 0.547 bits per heavy atom. The van der Waals surface area contributed by atoms with Crippen LogP contribution in [0.15, 0.2) is 199 Å². The van der Waals surface area contributed by atoms with E-state index in [4.69, 9.17) is 11.6 Å². The van der Waals surface area contributed by atoms with E-state index >= 15 is 0 Å². The molecule has 0 spiro atoms. The van der Waals surface area contributed by atoms with Gasteiger partial charge in [-0.25, -0.2) is 0 Å². The number of azo groups is 4. The van der Waals surface area contributed by atoms with Crippen molar-refractivity contribution in [1.82, 2.24) is 15.0 Å². The molecule has 13 nitrogen and oxygen atoms in total. The number of nitrogens with zero attached hydrogens (tertiary/aromatic N) is 11. The van der Waals surface area contributed by atoms with Crippen LogP contribution in [0.5, 0.6) is 0 Å². The zero-order chi connectivity index (χ0) is 36.1. The Hall–Kier alpha value is -7.38. The standard InChI is InChI=1S/C39H28ClN13/c40-37-43-38(41-27-11-15-31(16-12-27)50-52-35-23-19-33(20-24-35)48-46-29-7-3-1-4-8-29)45-39(44-37)42-28-13-17-32(18-14-28)51-53-36-25-21-34(22-26-36)49-47-30-9-5-2-6-10-30/h1-26H,(H2,41,42,43,44,45). The van der Waals surface area contributed by atoms with Crippen molar-refractivity contribution in [2.24, 2.45) is 40.9 Å². The lowest BCUT2D eigenvalue weighted by Gasteiger charge is -2.09. The van der Waals surface area contributed by atoms with Crippen LogP contribution in [0.3, 0.4) is 0 Å². The molecule has 0 aliphatic carbocycles. The molecule has 53 heavy (non-hydrogen) atoms. The van der Waals surface area contributed by atoms with E-state index in [0.717, 1.165) is 34.1 Å². The van der Waals surface area contributed by atoms with Gasteiger partial charge in [-0.2, -0.15) is 55.9 Å². The van der Waals surface area contributed by atoms with E-state index in [0.29, 0.717) is 22.7 Å². The smallest absolute Gasteiger partial charge is 0.233 e. The van der Waals surface area contributed by atoms with E-state index in [-0.39, 0.29) is 17.2 Å². The minimum absolute atomic E-state index is 0.0287. The predicted molar refractivity (Wildman–Crippen MR) is 207 cm³/mol. The van der Waals surface area contributed by atoms with Gasteiger partial charge >= 0.3 is 0 Å². The summed E-state index contributed by atoms with van der Waals surface area (Å²) < 4.78 is 0. The first-order valence-corrected chi connectivity index (χ1v) is 16.6. The lowest BCUT2D eigenvalue weighted by atomic mass is 10.3. The minimum Gasteiger partial charge on any atom is -0.324 e. The molecule has 7 aromatic rings. The monoisotopic (exact) mass is 713 g/mol. The molecule has 256 valence electrons. The molecule has 0 bridgehead atoms. The van der Waals surface area contributed by atoms with Gasteiger partial charge in [0.2, 0.25) is 17.2 Å². The lowest BCUT2D eigenvalue weighted by molar-refractivity contribution is 1.06. The fourth-order valence-electron chi connectivity index (χ4n) is 4.57. The first-order valence-electron chi connectivity index (χ1n) is 16.2. The van der Waals surface area contributed by atoms with E-state index in [1.165, 1.54) is 0 Å². The van der Waals surface area contributed by atoms with Crippen LogP contribution in [0, 0.1) is 0 Å². The summed E-state index contributed by atoms with van der Waals surface area (Å²) in [5.41, 5.74) is 7.19. The van der Waals surface area contributed by atoms with Crippen LogP contribution in [0.2, 0.25) is 5.28 Å². The molecule has 6 aromatic carbocycles. The highest BCUT2D eigenvalue weighted by Gasteiger charge is 2.07. The Morgan fingerprint density at radius 1 is 0.302 bits per heavy atom. The molecule has 14 heteroatoms. The van der Waals surface area contributed by atoms with E-state index < -0.39 is 0 Å². The molecule has 7 rings (SSSR count). The molecule has 1 heterocycles. The number of anilines is 4. The summed E-state index contributed by atoms with van der Waals surface area (Å²) in [6.45, 7) is 0. The quantitative estimate of drug-likeness (QED) is 0.120. The molecule has 0 saturated heterocycles. The second kappa shape index (κ2) is 17.0. The Labute approximate surface area is 309 Å². The first kappa shape index (κ1) is 34.1. The van der Waals surface area contributed by atoms with Crippen LogP contribution < -0.4 is 10.6 Å². The van der Waals surface area contributed by atoms with Crippen LogP contribution in [0.1, 0.15) is 0 Å². The van der Waals surface area contributed by atoms with Gasteiger partial charge < -0.3 is 10.6 Å². The predicted octanol–water partition coefficient (Wildman–Crippen LogP) is 13.7. The highest BCUT2D eigenvalue weighted by Crippen LogP contribution is 2.27. The van der Waals surface area contributed by atoms with Gasteiger partial charge in [0.15, 0.2) is 0 Å². The largest absolute Gasteiger partial charge is 0.324 e. The molecule has 0 atom stereocenters. The minimum atomic E-state index is 0.0287. The summed E-state index contributed by atoms with van der Waals surface area (Å²) in [6.07, 6.45) is 0. The zero-order valence-electron chi connectivity index (χ0n) is 27.8. The molecule has 0 fully saturated rings. The SMILES string of the molecule is Clc1nc(Nc2ccc(N=Nc3ccc(N=Nc4ccccc4)cc3)cc2)nc(Nc2ccc(N=Nc3ccc(N=Nc4ccccc4)cc3)cc2)n1. The number of rotatable bonds is 12. The lowest BCUT2D eigenvalue weighted by Crippen LogP contribution is -2.03. The molecule has 0 aliphatic rings. The molecule has 0 radical (unpaired) electrons. The molecule has 0 unspecified atom stereocenters. The van der Waals surface area contributed by atoms with Crippen molar-refractivity contribution in [1.29, 1.82) is 0 Å². The van der Waals surface area contributed by atoms with Crippen molar-refractivity contribution < 1.29 is 0 Å². The van der Waals surface area contributed by atoms with Gasteiger partial charge in [-0.05, 0) is 133 Å². The van der Waals surface area contributed by atoms with Crippen LogP contribution >= 0.6 is 11.6 Å². The highest BCUT2D eigenvalue weighted by atomic mass is 35.5. The topological polar surface area (TPSA) is 162 Å². The number of halogens is 1. The summed E-state index contributed by atoms with van der Waals surface area (Å²) in [6, 6.07) is 48.4. The first-order chi connectivity index (χ1) is 26.1. The van der Waals surface area contributed by atoms with Gasteiger partial charge in [-0.1, -0.05) is 36.4 Å². The summed E-state index contributed by atoms with van der Waals surface area (Å²) in [5.74, 6) is 0.536. The maximum absolute atomic E-state index is 6.22. The number of hydrogen-bond donors (Lipinski definition) is 2. The van der Waals surface area contributed by atoms with Gasteiger partial charge in [0.1, 0.15) is 0 Å². The van der Waals surface area contributed by atoms with Crippen LogP contribution in [-0.2, 0) is 0 Å². The van der Waals surface area contributed by atoms with Gasteiger partial charge in [0.05, 0.1) is 45.5 Å². The average Bonchev–Trinajstić information content (AvgIpc) is 3.20. The second-order valence-corrected chi connectivity index (χ2v) is 11.4. The number of nitrogens with one attached hydrogen (secondary N) is 2. The van der Waals surface area contributed by atoms with Crippen LogP contribution in [-0.4, -0.2) is 15.0 Å². The Bertz CT molecular complexity index is 2200. The molecule has 2 N–H and O–H groups in total. The molecular weight excluding hydrogens is 686 g/mol. The normalized spacial score (nSPS) is 11.6. The van der Waals surface area contributed by atoms with Gasteiger partial charge in [-0.15, -0.1) is 0 Å². The zero-order valence-corrected chi connectivity index (χ0v) is 28.6. The third kappa shape index (κ3) is 10.3. The fraction of sp³-hybridized carbons (Fsp3) is 0. The highest BCUT2D eigenvalue weighted by molar-refractivity contribution is 6.28. The Morgan fingerprint density at radius 3 is 0.830 bits per heavy atom. The van der Waals surface area contributed by atoms with Crippen molar-refractivity contribution >= 4 is 80.4 Å². The summed E-state index contributed by atoms with van der Waals surface area (Å²) >= 11 is 6.22. The van der Waals surface area contributed by atoms with Crippen molar-refractivity contribution in [3.05, 3.63) is 163 Å². The Balaban J connectivity index is 0.911. The van der Waals surface area contributed by atoms with Crippen LogP contribution in [0.4, 0.5) is 68.8 Å². The average molecular weight is 714 g/mol. The van der Waals surface area contributed by atoms with E-state index in [1.54, 1.807) is 0 Å². The van der Waals surface area contributed by atoms with Gasteiger partial charge in [0, 0.05) is 11.4 Å². The van der Waals surface area contributed by atoms with E-state index in [9.17, 15) is 0 Å². The van der Waals surface area contributed by atoms with E-state index in [2.05, 4.69) is 66.5 Å². The molecule has 0 saturated carbocycles. The molecule has 0 amide bonds. The molecule has 1 aromatic heterocycles. The third-order valence-electron chi connectivity index (χ3n) is 7.19. The van der Waals surface area contributed by atoms with Crippen molar-refractivity contribution in [3.8, 4) is 0 Å². The van der Waals surface area contributed by atoms with Crippen LogP contribution in [0.25, 0.3) is 0 Å². The van der Waals surface area contributed by atoms with Gasteiger partial charge in [0.25, 0.3) is 0 Å². The number of benzene rings is 6. The molecular formula is C39H28ClN13. The summed E-state index contributed by atoms with van der Waals surface area (Å²) in [4.78, 5) is 12.9. The van der Waals surface area contributed by atoms with Gasteiger partial charge in [-0.3, -0.25) is 0 Å². The van der Waals surface area contributed by atoms with Crippen molar-refractivity contribution in [2.45, 2.75) is 0 Å². The summed E-state index contributed by atoms with van der Waals surface area (Å²) in [5, 5.41) is 40.6. The number of aromatic nitrogens is 3. The second-order valence-electron chi connectivity index (χ2n) is 11.1. The maximum Gasteiger partial charge on any atom is 0.233 e. The van der Waals surface area contributed by atoms with E-state index in [1.807, 2.05) is 158 Å². The Kier molecular flexibility index (Phi) is 10.9. The third-order valence-corrected chi connectivity index (χ3v) is 7.36. The van der Waals surface area contributed by atoms with Crippen molar-refractivity contribution in [3.63, 3.8) is 0 Å². The van der Waals surface area contributed by atoms with Crippen molar-refractivity contribution in [2.75, 3.05) is 10.6 Å². The number of hydrogen-bond acceptors (Lipinski definition) is 13. The fourth-order valence-corrected chi connectivity index (χ4v) is 4.73.